The molecule has 152 valence electrons. The molecule has 6 heteroatoms. The first kappa shape index (κ1) is 23.7. The van der Waals surface area contributed by atoms with Crippen molar-refractivity contribution in [1.82, 2.24) is 15.5 Å². The number of halogens is 1. The molecule has 0 heterocycles. The number of nitrogens with one attached hydrogen (secondary N) is 2. The van der Waals surface area contributed by atoms with E-state index in [1.54, 1.807) is 11.9 Å². The van der Waals surface area contributed by atoms with E-state index in [4.69, 9.17) is 0 Å². The van der Waals surface area contributed by atoms with Crippen molar-refractivity contribution in [3.05, 3.63) is 35.9 Å². The lowest BCUT2D eigenvalue weighted by atomic mass is 9.84. The van der Waals surface area contributed by atoms with Crippen molar-refractivity contribution in [2.45, 2.75) is 44.9 Å². The lowest BCUT2D eigenvalue weighted by molar-refractivity contribution is -0.138. The van der Waals surface area contributed by atoms with Gasteiger partial charge in [-0.05, 0) is 18.4 Å². The van der Waals surface area contributed by atoms with E-state index < -0.39 is 0 Å². The molecule has 2 rings (SSSR count). The first-order valence-electron chi connectivity index (χ1n) is 9.52. The number of aliphatic imine (C=N–C) groups is 1. The van der Waals surface area contributed by atoms with Gasteiger partial charge in [-0.15, -0.1) is 24.0 Å². The number of hydrogen-bond acceptors (Lipinski definition) is 2. The molecule has 27 heavy (non-hydrogen) atoms. The summed E-state index contributed by atoms with van der Waals surface area (Å²) in [6, 6.07) is 10.5. The predicted molar refractivity (Wildman–Crippen MR) is 124 cm³/mol. The van der Waals surface area contributed by atoms with Gasteiger partial charge in [-0.25, -0.2) is 0 Å². The molecule has 0 unspecified atom stereocenters. The molecule has 0 radical (unpaired) electrons. The van der Waals surface area contributed by atoms with Crippen LogP contribution in [0.15, 0.2) is 35.3 Å². The summed E-state index contributed by atoms with van der Waals surface area (Å²) in [7, 11) is 5.47. The van der Waals surface area contributed by atoms with Gasteiger partial charge < -0.3 is 15.5 Å². The molecule has 0 atom stereocenters. The Kier molecular flexibility index (Phi) is 9.05. The normalized spacial score (nSPS) is 16.4. The summed E-state index contributed by atoms with van der Waals surface area (Å²) in [6.07, 6.45) is 4.13. The van der Waals surface area contributed by atoms with Crippen molar-refractivity contribution < 1.29 is 4.79 Å². The van der Waals surface area contributed by atoms with Crippen LogP contribution < -0.4 is 10.6 Å². The summed E-state index contributed by atoms with van der Waals surface area (Å²) in [6.45, 7) is 5.84. The number of guanidine groups is 1. The average molecular weight is 486 g/mol. The number of carbonyl (C=O) groups is 1. The Morgan fingerprint density at radius 1 is 1.15 bits per heavy atom. The van der Waals surface area contributed by atoms with Crippen LogP contribution in [0.4, 0.5) is 0 Å². The molecule has 2 N–H and O–H groups in total. The fourth-order valence-electron chi connectivity index (χ4n) is 3.76. The van der Waals surface area contributed by atoms with E-state index in [1.165, 1.54) is 5.56 Å². The Morgan fingerprint density at radius 3 is 2.26 bits per heavy atom. The number of benzene rings is 1. The second-order valence-corrected chi connectivity index (χ2v) is 8.22. The number of nitrogens with zero attached hydrogens (tertiary/aromatic N) is 2. The van der Waals surface area contributed by atoms with Crippen molar-refractivity contribution in [3.63, 3.8) is 0 Å². The predicted octanol–water partition coefficient (Wildman–Crippen LogP) is 3.40. The molecular formula is C21H35IN4O. The van der Waals surface area contributed by atoms with Crippen molar-refractivity contribution in [3.8, 4) is 0 Å². The highest BCUT2D eigenvalue weighted by molar-refractivity contribution is 14.0. The third-order valence-corrected chi connectivity index (χ3v) is 5.49. The minimum Gasteiger partial charge on any atom is -0.356 e. The summed E-state index contributed by atoms with van der Waals surface area (Å²) >= 11 is 0. The third-order valence-electron chi connectivity index (χ3n) is 5.49. The van der Waals surface area contributed by atoms with Crippen LogP contribution in [0.2, 0.25) is 0 Å². The molecule has 0 aliphatic heterocycles. The Morgan fingerprint density at radius 2 is 1.74 bits per heavy atom. The molecule has 1 aromatic rings. The second-order valence-electron chi connectivity index (χ2n) is 8.22. The SMILES string of the molecule is CN=C(NCC1(C(=O)N(C)C)CCCC1)NCC(C)(C)c1ccccc1.I. The van der Waals surface area contributed by atoms with Crippen LogP contribution in [0.1, 0.15) is 45.1 Å². The molecule has 0 bridgehead atoms. The van der Waals surface area contributed by atoms with Gasteiger partial charge in [0.25, 0.3) is 0 Å². The zero-order valence-corrected chi connectivity index (χ0v) is 19.7. The maximum Gasteiger partial charge on any atom is 0.230 e. The number of carbonyl (C=O) groups excluding carboxylic acids is 1. The van der Waals surface area contributed by atoms with Gasteiger partial charge in [0, 0.05) is 39.6 Å². The molecule has 1 saturated carbocycles. The molecule has 1 aromatic carbocycles. The van der Waals surface area contributed by atoms with Crippen molar-refractivity contribution in [2.24, 2.45) is 10.4 Å². The molecule has 1 aliphatic rings. The molecule has 0 saturated heterocycles. The summed E-state index contributed by atoms with van der Waals surface area (Å²) in [5.41, 5.74) is 0.984. The minimum absolute atomic E-state index is 0. The lowest BCUT2D eigenvalue weighted by Crippen LogP contribution is -2.50. The molecule has 0 aromatic heterocycles. The maximum absolute atomic E-state index is 12.7. The first-order valence-corrected chi connectivity index (χ1v) is 9.52. The number of hydrogen-bond donors (Lipinski definition) is 2. The fraction of sp³-hybridized carbons (Fsp3) is 0.619. The van der Waals surface area contributed by atoms with E-state index in [0.29, 0.717) is 6.54 Å². The van der Waals surface area contributed by atoms with Gasteiger partial charge in [-0.2, -0.15) is 0 Å². The third kappa shape index (κ3) is 6.09. The standard InChI is InChI=1S/C21H34N4O.HI/c1-20(2,17-11-7-6-8-12-17)15-23-19(22-3)24-16-21(13-9-10-14-21)18(26)25(4)5;/h6-8,11-12H,9-10,13-16H2,1-5H3,(H2,22,23,24);1H. The summed E-state index contributed by atoms with van der Waals surface area (Å²) in [5.74, 6) is 0.981. The smallest absolute Gasteiger partial charge is 0.230 e. The van der Waals surface area contributed by atoms with Crippen LogP contribution in [0.5, 0.6) is 0 Å². The van der Waals surface area contributed by atoms with E-state index in [1.807, 2.05) is 20.2 Å². The monoisotopic (exact) mass is 486 g/mol. The molecule has 5 nitrogen and oxygen atoms in total. The summed E-state index contributed by atoms with van der Waals surface area (Å²) in [5, 5.41) is 6.83. The topological polar surface area (TPSA) is 56.7 Å². The van der Waals surface area contributed by atoms with Crippen LogP contribution in [-0.4, -0.2) is 51.0 Å². The molecule has 1 aliphatic carbocycles. The minimum atomic E-state index is -0.296. The van der Waals surface area contributed by atoms with Gasteiger partial charge >= 0.3 is 0 Å². The average Bonchev–Trinajstić information content (AvgIpc) is 3.12. The quantitative estimate of drug-likeness (QED) is 0.368. The highest BCUT2D eigenvalue weighted by Crippen LogP contribution is 2.38. The Hall–Kier alpha value is -1.31. The van der Waals surface area contributed by atoms with Crippen LogP contribution in [0.25, 0.3) is 0 Å². The first-order chi connectivity index (χ1) is 12.3. The molecule has 1 fully saturated rings. The molecule has 1 amide bonds. The van der Waals surface area contributed by atoms with E-state index in [0.717, 1.165) is 38.2 Å². The number of rotatable bonds is 6. The van der Waals surface area contributed by atoms with E-state index in [2.05, 4.69) is 53.7 Å². The van der Waals surface area contributed by atoms with Crippen LogP contribution in [-0.2, 0) is 10.2 Å². The van der Waals surface area contributed by atoms with Gasteiger partial charge in [-0.1, -0.05) is 57.0 Å². The fourth-order valence-corrected chi connectivity index (χ4v) is 3.76. The highest BCUT2D eigenvalue weighted by atomic mass is 127. The highest BCUT2D eigenvalue weighted by Gasteiger charge is 2.42. The van der Waals surface area contributed by atoms with Crippen LogP contribution in [0.3, 0.4) is 0 Å². The van der Waals surface area contributed by atoms with Gasteiger partial charge in [0.15, 0.2) is 5.96 Å². The van der Waals surface area contributed by atoms with Crippen LogP contribution >= 0.6 is 24.0 Å². The van der Waals surface area contributed by atoms with Crippen molar-refractivity contribution >= 4 is 35.8 Å². The Labute approximate surface area is 181 Å². The Balaban J connectivity index is 0.00000364. The van der Waals surface area contributed by atoms with E-state index in [-0.39, 0.29) is 40.7 Å². The molecular weight excluding hydrogens is 451 g/mol. The van der Waals surface area contributed by atoms with Crippen LogP contribution in [0, 0.1) is 5.41 Å². The zero-order chi connectivity index (χ0) is 19.2. The van der Waals surface area contributed by atoms with Gasteiger partial charge in [-0.3, -0.25) is 9.79 Å². The summed E-state index contributed by atoms with van der Waals surface area (Å²) in [4.78, 5) is 18.8. The van der Waals surface area contributed by atoms with Gasteiger partial charge in [0.05, 0.1) is 5.41 Å². The Bertz CT molecular complexity index is 622. The van der Waals surface area contributed by atoms with Crippen molar-refractivity contribution in [1.29, 1.82) is 0 Å². The zero-order valence-electron chi connectivity index (χ0n) is 17.3. The van der Waals surface area contributed by atoms with Gasteiger partial charge in [0.2, 0.25) is 5.91 Å². The second kappa shape index (κ2) is 10.3. The largest absolute Gasteiger partial charge is 0.356 e. The lowest BCUT2D eigenvalue weighted by Gasteiger charge is -2.32. The molecule has 0 spiro atoms. The van der Waals surface area contributed by atoms with E-state index >= 15 is 0 Å². The van der Waals surface area contributed by atoms with Gasteiger partial charge in [0.1, 0.15) is 0 Å². The van der Waals surface area contributed by atoms with E-state index in [9.17, 15) is 4.79 Å². The van der Waals surface area contributed by atoms with Crippen molar-refractivity contribution in [2.75, 3.05) is 34.2 Å². The number of amides is 1. The summed E-state index contributed by atoms with van der Waals surface area (Å²) < 4.78 is 0. The maximum atomic E-state index is 12.7.